The summed E-state index contributed by atoms with van der Waals surface area (Å²) in [4.78, 5) is 28.2. The molecule has 1 heterocycles. The fourth-order valence-electron chi connectivity index (χ4n) is 3.31. The van der Waals surface area contributed by atoms with E-state index in [-0.39, 0.29) is 11.2 Å². The number of non-ortho nitro benzene ring substituents is 1. The summed E-state index contributed by atoms with van der Waals surface area (Å²) in [6.07, 6.45) is 1.54. The minimum absolute atomic E-state index is 0.0260. The molecule has 0 aliphatic rings. The Balaban J connectivity index is 1.99. The first kappa shape index (κ1) is 21.0. The van der Waals surface area contributed by atoms with Crippen molar-refractivity contribution in [2.45, 2.75) is 33.2 Å². The van der Waals surface area contributed by atoms with Gasteiger partial charge in [0.15, 0.2) is 0 Å². The van der Waals surface area contributed by atoms with Crippen molar-refractivity contribution >= 4 is 11.4 Å². The molecule has 0 unspecified atom stereocenters. The van der Waals surface area contributed by atoms with Gasteiger partial charge in [0.2, 0.25) is 0 Å². The SMILES string of the molecule is CCCc1[nH]n(-c2ccc([N+](=O)[O-])cc2)c(=O)c1C(C)=NCc1ccccc1OC. The van der Waals surface area contributed by atoms with Gasteiger partial charge in [-0.2, -0.15) is 0 Å². The highest BCUT2D eigenvalue weighted by Crippen LogP contribution is 2.19. The second kappa shape index (κ2) is 9.21. The van der Waals surface area contributed by atoms with Crippen molar-refractivity contribution in [2.75, 3.05) is 7.11 Å². The number of H-pyrrole nitrogens is 1. The average molecular weight is 408 g/mol. The highest BCUT2D eigenvalue weighted by molar-refractivity contribution is 5.99. The van der Waals surface area contributed by atoms with E-state index in [1.165, 1.54) is 16.8 Å². The van der Waals surface area contributed by atoms with Crippen molar-refractivity contribution < 1.29 is 9.66 Å². The van der Waals surface area contributed by atoms with Crippen LogP contribution in [0.4, 0.5) is 5.69 Å². The first-order chi connectivity index (χ1) is 14.5. The lowest BCUT2D eigenvalue weighted by Gasteiger charge is -2.06. The van der Waals surface area contributed by atoms with E-state index in [1.54, 1.807) is 19.2 Å². The number of nitrogens with one attached hydrogen (secondary N) is 1. The van der Waals surface area contributed by atoms with Crippen molar-refractivity contribution in [3.63, 3.8) is 0 Å². The zero-order chi connectivity index (χ0) is 21.7. The molecule has 2 aromatic carbocycles. The van der Waals surface area contributed by atoms with Crippen LogP contribution < -0.4 is 10.3 Å². The van der Waals surface area contributed by atoms with Gasteiger partial charge < -0.3 is 4.74 Å². The highest BCUT2D eigenvalue weighted by Gasteiger charge is 2.18. The summed E-state index contributed by atoms with van der Waals surface area (Å²) in [6.45, 7) is 4.25. The molecule has 0 bridgehead atoms. The second-order valence-electron chi connectivity index (χ2n) is 6.84. The highest BCUT2D eigenvalue weighted by atomic mass is 16.6. The van der Waals surface area contributed by atoms with Gasteiger partial charge in [-0.25, -0.2) is 4.68 Å². The van der Waals surface area contributed by atoms with E-state index in [0.717, 1.165) is 23.4 Å². The van der Waals surface area contributed by atoms with Crippen LogP contribution in [0, 0.1) is 10.1 Å². The molecule has 0 fully saturated rings. The molecule has 1 aromatic heterocycles. The molecule has 1 N–H and O–H groups in total. The number of aromatic nitrogens is 2. The zero-order valence-corrected chi connectivity index (χ0v) is 17.2. The van der Waals surface area contributed by atoms with Crippen LogP contribution in [0.2, 0.25) is 0 Å². The first-order valence-electron chi connectivity index (χ1n) is 9.68. The zero-order valence-electron chi connectivity index (χ0n) is 17.2. The fraction of sp³-hybridized carbons (Fsp3) is 0.273. The Morgan fingerprint density at radius 2 is 1.90 bits per heavy atom. The molecule has 8 nitrogen and oxygen atoms in total. The summed E-state index contributed by atoms with van der Waals surface area (Å²) in [5, 5.41) is 14.0. The lowest BCUT2D eigenvalue weighted by atomic mass is 10.1. The number of methoxy groups -OCH3 is 1. The minimum Gasteiger partial charge on any atom is -0.496 e. The molecule has 0 amide bonds. The van der Waals surface area contributed by atoms with Crippen LogP contribution in [0.15, 0.2) is 58.3 Å². The minimum atomic E-state index is -0.468. The largest absolute Gasteiger partial charge is 0.496 e. The van der Waals surface area contributed by atoms with Crippen LogP contribution in [-0.4, -0.2) is 27.5 Å². The van der Waals surface area contributed by atoms with Gasteiger partial charge in [0.25, 0.3) is 11.2 Å². The van der Waals surface area contributed by atoms with Gasteiger partial charge in [-0.15, -0.1) is 0 Å². The topological polar surface area (TPSA) is 103 Å². The van der Waals surface area contributed by atoms with Gasteiger partial charge in [0.1, 0.15) is 5.75 Å². The maximum Gasteiger partial charge on any atom is 0.280 e. The summed E-state index contributed by atoms with van der Waals surface area (Å²) < 4.78 is 6.78. The van der Waals surface area contributed by atoms with E-state index in [1.807, 2.05) is 38.1 Å². The third kappa shape index (κ3) is 4.32. The summed E-state index contributed by atoms with van der Waals surface area (Å²) in [5.74, 6) is 0.750. The number of hydrogen-bond acceptors (Lipinski definition) is 5. The van der Waals surface area contributed by atoms with Gasteiger partial charge >= 0.3 is 0 Å². The van der Waals surface area contributed by atoms with E-state index in [0.29, 0.717) is 29.9 Å². The molecule has 3 aromatic rings. The first-order valence-corrected chi connectivity index (χ1v) is 9.68. The average Bonchev–Trinajstić information content (AvgIpc) is 3.08. The van der Waals surface area contributed by atoms with Crippen LogP contribution in [-0.2, 0) is 13.0 Å². The van der Waals surface area contributed by atoms with Crippen molar-refractivity contribution in [2.24, 2.45) is 4.99 Å². The third-order valence-electron chi connectivity index (χ3n) is 4.83. The van der Waals surface area contributed by atoms with Crippen LogP contribution in [0.3, 0.4) is 0 Å². The maximum absolute atomic E-state index is 13.2. The number of nitro groups is 1. The van der Waals surface area contributed by atoms with Crippen molar-refractivity contribution in [3.8, 4) is 11.4 Å². The van der Waals surface area contributed by atoms with Gasteiger partial charge in [-0.05, 0) is 31.5 Å². The van der Waals surface area contributed by atoms with Gasteiger partial charge in [0, 0.05) is 29.1 Å². The summed E-state index contributed by atoms with van der Waals surface area (Å²) >= 11 is 0. The molecule has 0 spiro atoms. The number of ether oxygens (including phenoxy) is 1. The van der Waals surface area contributed by atoms with Gasteiger partial charge in [0.05, 0.1) is 29.8 Å². The molecule has 0 aliphatic heterocycles. The molecular weight excluding hydrogens is 384 g/mol. The smallest absolute Gasteiger partial charge is 0.280 e. The number of para-hydroxylation sites is 1. The lowest BCUT2D eigenvalue weighted by molar-refractivity contribution is -0.384. The Kier molecular flexibility index (Phi) is 6.46. The Morgan fingerprint density at radius 1 is 1.20 bits per heavy atom. The molecule has 0 saturated heterocycles. The Bertz CT molecular complexity index is 1130. The molecule has 0 saturated carbocycles. The van der Waals surface area contributed by atoms with E-state index < -0.39 is 4.92 Å². The van der Waals surface area contributed by atoms with Crippen molar-refractivity contribution in [3.05, 3.63) is 85.8 Å². The number of aryl methyl sites for hydroxylation is 1. The Morgan fingerprint density at radius 3 is 2.53 bits per heavy atom. The van der Waals surface area contributed by atoms with Crippen LogP contribution in [0.5, 0.6) is 5.75 Å². The molecule has 0 radical (unpaired) electrons. The third-order valence-corrected chi connectivity index (χ3v) is 4.83. The van der Waals surface area contributed by atoms with E-state index >= 15 is 0 Å². The fourth-order valence-corrected chi connectivity index (χ4v) is 3.31. The second-order valence-corrected chi connectivity index (χ2v) is 6.84. The summed E-state index contributed by atoms with van der Waals surface area (Å²) in [5.41, 5.74) is 3.17. The van der Waals surface area contributed by atoms with E-state index in [4.69, 9.17) is 4.74 Å². The lowest BCUT2D eigenvalue weighted by Crippen LogP contribution is -2.20. The Hall–Kier alpha value is -3.68. The molecule has 8 heteroatoms. The van der Waals surface area contributed by atoms with Gasteiger partial charge in [-0.3, -0.25) is 25.0 Å². The van der Waals surface area contributed by atoms with Crippen molar-refractivity contribution in [1.82, 2.24) is 9.78 Å². The number of nitrogens with zero attached hydrogens (tertiary/aromatic N) is 3. The molecule has 0 aliphatic carbocycles. The number of aromatic amines is 1. The van der Waals surface area contributed by atoms with Gasteiger partial charge in [-0.1, -0.05) is 31.5 Å². The van der Waals surface area contributed by atoms with Crippen LogP contribution >= 0.6 is 0 Å². The number of nitro benzene ring substituents is 1. The molecule has 156 valence electrons. The predicted molar refractivity (Wildman–Crippen MR) is 116 cm³/mol. The number of aliphatic imine (C=N–C) groups is 1. The normalized spacial score (nSPS) is 11.5. The number of rotatable bonds is 8. The Labute approximate surface area is 174 Å². The number of hydrogen-bond donors (Lipinski definition) is 1. The molecular formula is C22H24N4O4. The molecule has 3 rings (SSSR count). The van der Waals surface area contributed by atoms with E-state index in [9.17, 15) is 14.9 Å². The number of benzene rings is 2. The maximum atomic E-state index is 13.2. The summed E-state index contributed by atoms with van der Waals surface area (Å²) in [7, 11) is 1.61. The predicted octanol–water partition coefficient (Wildman–Crippen LogP) is 4.04. The van der Waals surface area contributed by atoms with Crippen LogP contribution in [0.25, 0.3) is 5.69 Å². The molecule has 30 heavy (non-hydrogen) atoms. The molecule has 0 atom stereocenters. The van der Waals surface area contributed by atoms with E-state index in [2.05, 4.69) is 10.1 Å². The van der Waals surface area contributed by atoms with Crippen molar-refractivity contribution in [1.29, 1.82) is 0 Å². The monoisotopic (exact) mass is 408 g/mol. The van der Waals surface area contributed by atoms with Crippen LogP contribution in [0.1, 0.15) is 37.1 Å². The standard InChI is InChI=1S/C22H24N4O4/c1-4-7-19-21(15(2)23-14-16-8-5-6-9-20(16)30-3)22(27)25(24-19)17-10-12-18(13-11-17)26(28)29/h5-6,8-13,24H,4,7,14H2,1-3H3. The summed E-state index contributed by atoms with van der Waals surface area (Å²) in [6, 6.07) is 13.5. The quantitative estimate of drug-likeness (QED) is 0.345.